The molecule has 0 bridgehead atoms. The highest BCUT2D eigenvalue weighted by Crippen LogP contribution is 2.20. The van der Waals surface area contributed by atoms with E-state index in [2.05, 4.69) is 15.2 Å². The number of benzene rings is 1. The predicted molar refractivity (Wildman–Crippen MR) is 96.4 cm³/mol. The van der Waals surface area contributed by atoms with E-state index in [1.807, 2.05) is 35.4 Å². The van der Waals surface area contributed by atoms with Gasteiger partial charge in [0.05, 0.1) is 11.1 Å². The Kier molecular flexibility index (Phi) is 4.44. The summed E-state index contributed by atoms with van der Waals surface area (Å²) in [4.78, 5) is 32.0. The minimum Gasteiger partial charge on any atom is -0.361 e. The number of carbonyl (C=O) groups excluding carboxylic acids is 2. The number of H-pyrrole nitrogens is 1. The summed E-state index contributed by atoms with van der Waals surface area (Å²) in [6.45, 7) is 3.83. The molecule has 1 aromatic heterocycles. The lowest BCUT2D eigenvalue weighted by atomic mass is 10.1. The van der Waals surface area contributed by atoms with Crippen molar-refractivity contribution in [1.82, 2.24) is 20.1 Å². The van der Waals surface area contributed by atoms with Gasteiger partial charge in [-0.2, -0.15) is 0 Å². The lowest BCUT2D eigenvalue weighted by molar-refractivity contribution is -0.121. The minimum atomic E-state index is 0.0826. The van der Waals surface area contributed by atoms with Crippen LogP contribution in [0.1, 0.15) is 29.6 Å². The zero-order valence-corrected chi connectivity index (χ0v) is 14.3. The summed E-state index contributed by atoms with van der Waals surface area (Å²) in [5.74, 6) is 0.235. The molecule has 0 unspecified atom stereocenters. The van der Waals surface area contributed by atoms with E-state index < -0.39 is 0 Å². The predicted octanol–water partition coefficient (Wildman–Crippen LogP) is 1.59. The Bertz CT molecular complexity index is 773. The molecule has 1 aliphatic carbocycles. The second kappa shape index (κ2) is 6.88. The standard InChI is InChI=1S/C19H24N4O2/c24-17(21-15-4-5-15)7-9-22-10-12-23(13-11-22)19(25)16-3-1-2-14-6-8-20-18(14)16/h1-3,6,8,15,20H,4-5,7,9-13H2,(H,21,24). The van der Waals surface area contributed by atoms with Crippen LogP contribution in [0.4, 0.5) is 0 Å². The summed E-state index contributed by atoms with van der Waals surface area (Å²) in [7, 11) is 0. The van der Waals surface area contributed by atoms with Crippen LogP contribution in [0, 0.1) is 0 Å². The van der Waals surface area contributed by atoms with Crippen molar-refractivity contribution in [2.75, 3.05) is 32.7 Å². The molecular weight excluding hydrogens is 316 g/mol. The average Bonchev–Trinajstić information content (AvgIpc) is 3.31. The number of rotatable bonds is 5. The lowest BCUT2D eigenvalue weighted by Gasteiger charge is -2.34. The van der Waals surface area contributed by atoms with E-state index in [1.165, 1.54) is 0 Å². The Hall–Kier alpha value is -2.34. The molecule has 0 atom stereocenters. The van der Waals surface area contributed by atoms with Gasteiger partial charge in [-0.25, -0.2) is 0 Å². The summed E-state index contributed by atoms with van der Waals surface area (Å²) in [5.41, 5.74) is 1.64. The lowest BCUT2D eigenvalue weighted by Crippen LogP contribution is -2.49. The molecule has 1 saturated carbocycles. The quantitative estimate of drug-likeness (QED) is 0.869. The normalized spacial score (nSPS) is 18.5. The summed E-state index contributed by atoms with van der Waals surface area (Å²) in [5, 5.41) is 4.08. The molecule has 6 heteroatoms. The van der Waals surface area contributed by atoms with E-state index in [4.69, 9.17) is 0 Å². The minimum absolute atomic E-state index is 0.0826. The summed E-state index contributed by atoms with van der Waals surface area (Å²) in [6.07, 6.45) is 4.67. The van der Waals surface area contributed by atoms with E-state index in [-0.39, 0.29) is 11.8 Å². The van der Waals surface area contributed by atoms with Crippen molar-refractivity contribution in [2.45, 2.75) is 25.3 Å². The van der Waals surface area contributed by atoms with Crippen molar-refractivity contribution in [1.29, 1.82) is 0 Å². The van der Waals surface area contributed by atoms with Crippen LogP contribution in [-0.4, -0.2) is 65.4 Å². The molecule has 25 heavy (non-hydrogen) atoms. The van der Waals surface area contributed by atoms with Gasteiger partial charge >= 0.3 is 0 Å². The SMILES string of the molecule is O=C(CCN1CCN(C(=O)c2cccc3cc[nH]c23)CC1)NC1CC1. The van der Waals surface area contributed by atoms with Crippen LogP contribution in [-0.2, 0) is 4.79 Å². The molecule has 0 radical (unpaired) electrons. The first-order valence-electron chi connectivity index (χ1n) is 9.08. The highest BCUT2D eigenvalue weighted by molar-refractivity contribution is 6.05. The smallest absolute Gasteiger partial charge is 0.256 e. The van der Waals surface area contributed by atoms with Crippen molar-refractivity contribution >= 4 is 22.7 Å². The van der Waals surface area contributed by atoms with Gasteiger partial charge in [0, 0.05) is 56.8 Å². The van der Waals surface area contributed by atoms with Crippen LogP contribution in [0.3, 0.4) is 0 Å². The number of nitrogens with one attached hydrogen (secondary N) is 2. The van der Waals surface area contributed by atoms with E-state index in [0.717, 1.165) is 48.9 Å². The number of aromatic nitrogens is 1. The first kappa shape index (κ1) is 16.1. The van der Waals surface area contributed by atoms with Gasteiger partial charge < -0.3 is 15.2 Å². The molecule has 0 spiro atoms. The topological polar surface area (TPSA) is 68.4 Å². The van der Waals surface area contributed by atoms with Gasteiger partial charge in [-0.15, -0.1) is 0 Å². The third-order valence-electron chi connectivity index (χ3n) is 5.07. The van der Waals surface area contributed by atoms with Crippen molar-refractivity contribution in [3.8, 4) is 0 Å². The first-order chi connectivity index (χ1) is 12.2. The molecule has 2 fully saturated rings. The zero-order valence-electron chi connectivity index (χ0n) is 14.3. The summed E-state index contributed by atoms with van der Waals surface area (Å²) >= 11 is 0. The molecule has 1 aliphatic heterocycles. The maximum absolute atomic E-state index is 12.8. The molecule has 2 heterocycles. The number of aromatic amines is 1. The third kappa shape index (κ3) is 3.69. The fraction of sp³-hybridized carbons (Fsp3) is 0.474. The van der Waals surface area contributed by atoms with Crippen molar-refractivity contribution in [3.63, 3.8) is 0 Å². The zero-order chi connectivity index (χ0) is 17.2. The van der Waals surface area contributed by atoms with Crippen LogP contribution in [0.2, 0.25) is 0 Å². The Morgan fingerprint density at radius 3 is 2.68 bits per heavy atom. The highest BCUT2D eigenvalue weighted by atomic mass is 16.2. The monoisotopic (exact) mass is 340 g/mol. The Morgan fingerprint density at radius 2 is 1.92 bits per heavy atom. The Balaban J connectivity index is 1.30. The molecule has 6 nitrogen and oxygen atoms in total. The van der Waals surface area contributed by atoms with Gasteiger partial charge in [-0.3, -0.25) is 14.5 Å². The summed E-state index contributed by atoms with van der Waals surface area (Å²) < 4.78 is 0. The van der Waals surface area contributed by atoms with Crippen molar-refractivity contribution in [3.05, 3.63) is 36.0 Å². The summed E-state index contributed by atoms with van der Waals surface area (Å²) in [6, 6.07) is 8.23. The molecular formula is C19H24N4O2. The highest BCUT2D eigenvalue weighted by Gasteiger charge is 2.25. The molecule has 2 N–H and O–H groups in total. The second-order valence-electron chi connectivity index (χ2n) is 6.97. The number of hydrogen-bond donors (Lipinski definition) is 2. The number of carbonyl (C=O) groups is 2. The Labute approximate surface area is 147 Å². The molecule has 2 aromatic rings. The molecule has 1 aromatic carbocycles. The molecule has 132 valence electrons. The van der Waals surface area contributed by atoms with E-state index in [0.29, 0.717) is 25.6 Å². The van der Waals surface area contributed by atoms with E-state index in [9.17, 15) is 9.59 Å². The molecule has 2 aliphatic rings. The fourth-order valence-corrected chi connectivity index (χ4v) is 3.40. The third-order valence-corrected chi connectivity index (χ3v) is 5.07. The van der Waals surface area contributed by atoms with E-state index in [1.54, 1.807) is 0 Å². The van der Waals surface area contributed by atoms with Gasteiger partial charge in [0.2, 0.25) is 5.91 Å². The van der Waals surface area contributed by atoms with Crippen molar-refractivity contribution < 1.29 is 9.59 Å². The maximum Gasteiger partial charge on any atom is 0.256 e. The van der Waals surface area contributed by atoms with Gasteiger partial charge in [0.1, 0.15) is 0 Å². The average molecular weight is 340 g/mol. The van der Waals surface area contributed by atoms with E-state index >= 15 is 0 Å². The van der Waals surface area contributed by atoms with Crippen LogP contribution in [0.25, 0.3) is 10.9 Å². The number of amides is 2. The molecule has 4 rings (SSSR count). The number of fused-ring (bicyclic) bond motifs is 1. The second-order valence-corrected chi connectivity index (χ2v) is 6.97. The van der Waals surface area contributed by atoms with Crippen LogP contribution in [0.15, 0.2) is 30.5 Å². The van der Waals surface area contributed by atoms with Crippen LogP contribution in [0.5, 0.6) is 0 Å². The van der Waals surface area contributed by atoms with Crippen molar-refractivity contribution in [2.24, 2.45) is 0 Å². The largest absolute Gasteiger partial charge is 0.361 e. The van der Waals surface area contributed by atoms with Crippen LogP contribution >= 0.6 is 0 Å². The molecule has 2 amide bonds. The maximum atomic E-state index is 12.8. The van der Waals surface area contributed by atoms with Gasteiger partial charge in [0.15, 0.2) is 0 Å². The number of nitrogens with zero attached hydrogens (tertiary/aromatic N) is 2. The fourth-order valence-electron chi connectivity index (χ4n) is 3.40. The van der Waals surface area contributed by atoms with Gasteiger partial charge in [-0.1, -0.05) is 12.1 Å². The number of piperazine rings is 1. The van der Waals surface area contributed by atoms with Gasteiger partial charge in [0.25, 0.3) is 5.91 Å². The van der Waals surface area contributed by atoms with Gasteiger partial charge in [-0.05, 0) is 25.0 Å². The van der Waals surface area contributed by atoms with Crippen LogP contribution < -0.4 is 5.32 Å². The molecule has 1 saturated heterocycles. The first-order valence-corrected chi connectivity index (χ1v) is 9.08. The Morgan fingerprint density at radius 1 is 1.12 bits per heavy atom. The number of hydrogen-bond acceptors (Lipinski definition) is 3. The number of para-hydroxylation sites is 1.